The number of benzene rings is 2. The molecule has 0 aliphatic carbocycles. The molecule has 2 amide bonds. The van der Waals surface area contributed by atoms with Crippen LogP contribution in [0.25, 0.3) is 0 Å². The number of rotatable bonds is 20. The van der Waals surface area contributed by atoms with E-state index >= 15 is 0 Å². The van der Waals surface area contributed by atoms with Crippen molar-refractivity contribution in [3.05, 3.63) is 35.4 Å². The number of nitrogens with zero attached hydrogens (tertiary/aromatic N) is 4. The average Bonchev–Trinajstić information content (AvgIpc) is 3.88. The van der Waals surface area contributed by atoms with Crippen molar-refractivity contribution < 1.29 is 47.0 Å². The molecule has 0 saturated carbocycles. The van der Waals surface area contributed by atoms with E-state index < -0.39 is 16.6 Å². The van der Waals surface area contributed by atoms with E-state index in [1.165, 1.54) is 14.2 Å². The van der Waals surface area contributed by atoms with E-state index in [-0.39, 0.29) is 56.5 Å². The molecule has 14 nitrogen and oxygen atoms in total. The predicted octanol–water partition coefficient (Wildman–Crippen LogP) is 9.52. The Bertz CT molecular complexity index is 1810. The first-order chi connectivity index (χ1) is 28.7. The first kappa shape index (κ1) is 49.4. The lowest BCUT2D eigenvalue weighted by atomic mass is 10.1. The van der Waals surface area contributed by atoms with Gasteiger partial charge in [0, 0.05) is 25.2 Å². The van der Waals surface area contributed by atoms with Gasteiger partial charge in [0.1, 0.15) is 0 Å². The van der Waals surface area contributed by atoms with Crippen molar-refractivity contribution in [3.63, 3.8) is 0 Å². The van der Waals surface area contributed by atoms with Crippen molar-refractivity contribution in [2.75, 3.05) is 53.7 Å². The number of methoxy groups -OCH3 is 2. The maximum absolute atomic E-state index is 13.9. The monoisotopic (exact) mass is 880 g/mol. The third kappa shape index (κ3) is 12.4. The van der Waals surface area contributed by atoms with Crippen LogP contribution in [-0.4, -0.2) is 116 Å². The average molecular weight is 881 g/mol. The van der Waals surface area contributed by atoms with Crippen molar-refractivity contribution in [1.82, 2.24) is 9.80 Å². The molecule has 2 aromatic rings. The molecular formula is C45H68N4O10Si2. The molecule has 4 rings (SSSR count). The van der Waals surface area contributed by atoms with Gasteiger partial charge in [-0.15, -0.1) is 0 Å². The molecule has 0 radical (unpaired) electrons. The molecule has 2 aromatic carbocycles. The summed E-state index contributed by atoms with van der Waals surface area (Å²) >= 11 is 0. The van der Waals surface area contributed by atoms with E-state index in [1.54, 1.807) is 36.4 Å². The number of carbonyl (C=O) groups is 2. The van der Waals surface area contributed by atoms with Crippen molar-refractivity contribution >= 4 is 52.0 Å². The summed E-state index contributed by atoms with van der Waals surface area (Å²) in [7, 11) is -1.03. The largest absolute Gasteiger partial charge is 0.493 e. The molecule has 0 spiro atoms. The standard InChI is InChI=1S/C45H68N4O10Si2/c1-44(2,3)60(9,10)58-28-32-18-16-20-48(32)42(52)34-24-38(54-7)40(26-36(34)46-30-50)56-22-14-13-15-23-57-41-27-37(47-31-51)35(25-39(41)55-8)43(53)49-21-17-19-33(49)29-59-61(11,12)45(4,5)6/h24-27,32-33H,13-23,28-29H2,1-12H3/t32-,33?/m0/s1. The van der Waals surface area contributed by atoms with Gasteiger partial charge < -0.3 is 37.6 Å². The zero-order valence-electron chi connectivity index (χ0n) is 38.5. The SMILES string of the molecule is COc1cc(C(=O)N2CCCC2CO[Si](C)(C)C(C)(C)C)c(N=C=O)cc1OCCCCCOc1cc(N=C=O)c(C(=O)N2CCC[C@H]2CO[Si](C)(C)C(C)(C)C)cc1OC. The number of likely N-dealkylation sites (tertiary alicyclic amines) is 2. The maximum atomic E-state index is 13.9. The summed E-state index contributed by atoms with van der Waals surface area (Å²) in [5.74, 6) is 0.931. The molecule has 336 valence electrons. The van der Waals surface area contributed by atoms with Crippen LogP contribution < -0.4 is 18.9 Å². The fraction of sp³-hybridized carbons (Fsp3) is 0.644. The highest BCUT2D eigenvalue weighted by Crippen LogP contribution is 2.41. The van der Waals surface area contributed by atoms with Gasteiger partial charge >= 0.3 is 0 Å². The second-order valence-electron chi connectivity index (χ2n) is 18.9. The Balaban J connectivity index is 1.35. The summed E-state index contributed by atoms with van der Waals surface area (Å²) in [6, 6.07) is 6.09. The molecule has 2 aliphatic rings. The molecule has 0 N–H and O–H groups in total. The number of unbranched alkanes of at least 4 members (excludes halogenated alkanes) is 2. The zero-order chi connectivity index (χ0) is 45.2. The minimum Gasteiger partial charge on any atom is -0.493 e. The summed E-state index contributed by atoms with van der Waals surface area (Å²) in [5.41, 5.74) is 0.809. The number of amides is 2. The van der Waals surface area contributed by atoms with Crippen molar-refractivity contribution in [1.29, 1.82) is 0 Å². The van der Waals surface area contributed by atoms with Gasteiger partial charge in [-0.2, -0.15) is 9.98 Å². The molecule has 2 atom stereocenters. The van der Waals surface area contributed by atoms with Crippen LogP contribution in [0, 0.1) is 0 Å². The van der Waals surface area contributed by atoms with Crippen LogP contribution in [0.2, 0.25) is 36.3 Å². The number of ether oxygens (including phenoxy) is 4. The van der Waals surface area contributed by atoms with Gasteiger partial charge in [0.2, 0.25) is 12.2 Å². The van der Waals surface area contributed by atoms with Gasteiger partial charge in [-0.3, -0.25) is 9.59 Å². The quantitative estimate of drug-likeness (QED) is 0.0544. The molecule has 0 bridgehead atoms. The predicted molar refractivity (Wildman–Crippen MR) is 241 cm³/mol. The fourth-order valence-corrected chi connectivity index (χ4v) is 9.00. The van der Waals surface area contributed by atoms with Crippen molar-refractivity contribution in [2.24, 2.45) is 9.98 Å². The van der Waals surface area contributed by atoms with Crippen molar-refractivity contribution in [3.8, 4) is 23.0 Å². The summed E-state index contributed by atoms with van der Waals surface area (Å²) < 4.78 is 36.4. The Labute approximate surface area is 364 Å². The topological polar surface area (TPSA) is 155 Å². The third-order valence-corrected chi connectivity index (χ3v) is 21.8. The van der Waals surface area contributed by atoms with E-state index in [0.29, 0.717) is 75.4 Å². The number of carbonyl (C=O) groups excluding carboxylic acids is 4. The molecule has 61 heavy (non-hydrogen) atoms. The van der Waals surface area contributed by atoms with Gasteiger partial charge in [-0.05, 0) is 93.3 Å². The second kappa shape index (κ2) is 21.2. The zero-order valence-corrected chi connectivity index (χ0v) is 40.5. The molecule has 16 heteroatoms. The second-order valence-corrected chi connectivity index (χ2v) is 28.6. The van der Waals surface area contributed by atoms with Gasteiger partial charge in [-0.1, -0.05) is 41.5 Å². The highest BCUT2D eigenvalue weighted by Gasteiger charge is 2.41. The van der Waals surface area contributed by atoms with Crippen LogP contribution in [0.4, 0.5) is 11.4 Å². The Morgan fingerprint density at radius 1 is 0.639 bits per heavy atom. The van der Waals surface area contributed by atoms with E-state index in [9.17, 15) is 19.2 Å². The Morgan fingerprint density at radius 3 is 1.34 bits per heavy atom. The normalized spacial score (nSPS) is 17.1. The molecule has 2 heterocycles. The minimum absolute atomic E-state index is 0.0480. The lowest BCUT2D eigenvalue weighted by Gasteiger charge is -2.38. The Kier molecular flexibility index (Phi) is 17.1. The van der Waals surface area contributed by atoms with Gasteiger partial charge in [0.05, 0.1) is 75.2 Å². The van der Waals surface area contributed by atoms with Crippen LogP contribution in [0.3, 0.4) is 0 Å². The lowest BCUT2D eigenvalue weighted by Crippen LogP contribution is -2.46. The van der Waals surface area contributed by atoms with Gasteiger partial charge in [0.15, 0.2) is 39.6 Å². The summed E-state index contributed by atoms with van der Waals surface area (Å²) in [6.07, 6.45) is 8.60. The first-order valence-electron chi connectivity index (χ1n) is 21.4. The van der Waals surface area contributed by atoms with Crippen LogP contribution in [0.1, 0.15) is 107 Å². The molecule has 2 saturated heterocycles. The molecule has 0 aromatic heterocycles. The number of hydrogen-bond donors (Lipinski definition) is 0. The first-order valence-corrected chi connectivity index (χ1v) is 27.3. The summed E-state index contributed by atoms with van der Waals surface area (Å²) in [5, 5.41) is 0.0960. The molecular weight excluding hydrogens is 813 g/mol. The Morgan fingerprint density at radius 2 is 1.02 bits per heavy atom. The Hall–Kier alpha value is -4.31. The minimum atomic E-state index is -2.02. The van der Waals surface area contributed by atoms with Crippen LogP contribution in [-0.2, 0) is 18.4 Å². The smallest absolute Gasteiger partial charge is 0.256 e. The third-order valence-electron chi connectivity index (χ3n) is 12.8. The van der Waals surface area contributed by atoms with Crippen LogP contribution in [0.5, 0.6) is 23.0 Å². The highest BCUT2D eigenvalue weighted by atomic mass is 28.4. The summed E-state index contributed by atoms with van der Waals surface area (Å²) in [4.78, 5) is 62.2. The maximum Gasteiger partial charge on any atom is 0.256 e. The number of aliphatic imine (C=N–C) groups is 2. The molecule has 1 unspecified atom stereocenters. The number of isocyanates is 2. The van der Waals surface area contributed by atoms with Crippen LogP contribution >= 0.6 is 0 Å². The van der Waals surface area contributed by atoms with E-state index in [1.807, 2.05) is 9.80 Å². The van der Waals surface area contributed by atoms with Crippen LogP contribution in [0.15, 0.2) is 34.3 Å². The lowest BCUT2D eigenvalue weighted by molar-refractivity contribution is 0.0678. The highest BCUT2D eigenvalue weighted by molar-refractivity contribution is 6.74. The summed E-state index contributed by atoms with van der Waals surface area (Å²) in [6.45, 7) is 24.7. The van der Waals surface area contributed by atoms with Crippen molar-refractivity contribution in [2.45, 2.75) is 135 Å². The van der Waals surface area contributed by atoms with Gasteiger partial charge in [-0.25, -0.2) is 9.59 Å². The molecule has 2 aliphatic heterocycles. The fourth-order valence-electron chi connectivity index (χ4n) is 6.92. The number of hydrogen-bond acceptors (Lipinski definition) is 12. The molecule has 2 fully saturated rings. The van der Waals surface area contributed by atoms with E-state index in [0.717, 1.165) is 32.1 Å². The van der Waals surface area contributed by atoms with E-state index in [4.69, 9.17) is 27.8 Å². The van der Waals surface area contributed by atoms with Gasteiger partial charge in [0.25, 0.3) is 11.8 Å². The van der Waals surface area contributed by atoms with E-state index in [2.05, 4.69) is 77.7 Å².